The zero-order valence-corrected chi connectivity index (χ0v) is 13.7. The second-order valence-electron chi connectivity index (χ2n) is 7.08. The van der Waals surface area contributed by atoms with Crippen molar-refractivity contribution in [3.8, 4) is 0 Å². The van der Waals surface area contributed by atoms with Crippen LogP contribution in [0.15, 0.2) is 0 Å². The molecule has 1 rings (SSSR count). The highest BCUT2D eigenvalue weighted by molar-refractivity contribution is 5.79. The molecule has 0 aromatic carbocycles. The standard InChI is InChI=1S/C17H34N2O/c1-13(2)8-6-4-5-7-11-19-17(20)15-12-14(3)9-10-16(15)18/h13-16H,4-12,18H2,1-3H3,(H,19,20). The molecule has 0 aliphatic heterocycles. The summed E-state index contributed by atoms with van der Waals surface area (Å²) in [4.78, 5) is 12.1. The number of rotatable bonds is 8. The molecular weight excluding hydrogens is 248 g/mol. The van der Waals surface area contributed by atoms with Crippen LogP contribution in [0, 0.1) is 17.8 Å². The summed E-state index contributed by atoms with van der Waals surface area (Å²) in [7, 11) is 0. The van der Waals surface area contributed by atoms with Crippen molar-refractivity contribution in [2.24, 2.45) is 23.5 Å². The summed E-state index contributed by atoms with van der Waals surface area (Å²) in [5, 5.41) is 3.08. The number of nitrogens with two attached hydrogens (primary N) is 1. The molecule has 0 saturated heterocycles. The van der Waals surface area contributed by atoms with Gasteiger partial charge in [0.05, 0.1) is 5.92 Å². The van der Waals surface area contributed by atoms with Crippen LogP contribution in [0.3, 0.4) is 0 Å². The van der Waals surface area contributed by atoms with E-state index in [1.807, 2.05) is 0 Å². The minimum absolute atomic E-state index is 0.0414. The van der Waals surface area contributed by atoms with Crippen LogP contribution in [0.4, 0.5) is 0 Å². The highest BCUT2D eigenvalue weighted by atomic mass is 16.1. The lowest BCUT2D eigenvalue weighted by Crippen LogP contribution is -2.45. The summed E-state index contributed by atoms with van der Waals surface area (Å²) < 4.78 is 0. The Hall–Kier alpha value is -0.570. The Labute approximate surface area is 125 Å². The molecule has 0 bridgehead atoms. The minimum Gasteiger partial charge on any atom is -0.356 e. The first-order valence-corrected chi connectivity index (χ1v) is 8.54. The van der Waals surface area contributed by atoms with Gasteiger partial charge in [-0.3, -0.25) is 4.79 Å². The molecule has 1 saturated carbocycles. The van der Waals surface area contributed by atoms with E-state index in [4.69, 9.17) is 5.73 Å². The third-order valence-corrected chi connectivity index (χ3v) is 4.51. The Morgan fingerprint density at radius 3 is 2.60 bits per heavy atom. The van der Waals surface area contributed by atoms with Crippen molar-refractivity contribution in [2.45, 2.75) is 78.2 Å². The highest BCUT2D eigenvalue weighted by Gasteiger charge is 2.31. The lowest BCUT2D eigenvalue weighted by Gasteiger charge is -2.31. The van der Waals surface area contributed by atoms with E-state index >= 15 is 0 Å². The lowest BCUT2D eigenvalue weighted by molar-refractivity contribution is -0.126. The van der Waals surface area contributed by atoms with Crippen LogP contribution >= 0.6 is 0 Å². The first kappa shape index (κ1) is 17.5. The molecule has 3 atom stereocenters. The quantitative estimate of drug-likeness (QED) is 0.670. The smallest absolute Gasteiger partial charge is 0.224 e. The Bertz CT molecular complexity index is 278. The van der Waals surface area contributed by atoms with Crippen molar-refractivity contribution < 1.29 is 4.79 Å². The van der Waals surface area contributed by atoms with E-state index in [-0.39, 0.29) is 17.9 Å². The fourth-order valence-corrected chi connectivity index (χ4v) is 3.08. The monoisotopic (exact) mass is 282 g/mol. The van der Waals surface area contributed by atoms with Crippen molar-refractivity contribution >= 4 is 5.91 Å². The predicted octanol–water partition coefficient (Wildman–Crippen LogP) is 3.47. The van der Waals surface area contributed by atoms with E-state index in [1.54, 1.807) is 0 Å². The zero-order valence-electron chi connectivity index (χ0n) is 13.7. The van der Waals surface area contributed by atoms with Gasteiger partial charge in [-0.25, -0.2) is 0 Å². The summed E-state index contributed by atoms with van der Waals surface area (Å²) in [5.74, 6) is 1.68. The largest absolute Gasteiger partial charge is 0.356 e. The van der Waals surface area contributed by atoms with Crippen molar-refractivity contribution in [1.29, 1.82) is 0 Å². The average molecular weight is 282 g/mol. The Balaban J connectivity index is 2.07. The van der Waals surface area contributed by atoms with Gasteiger partial charge in [-0.15, -0.1) is 0 Å². The molecule has 0 heterocycles. The van der Waals surface area contributed by atoms with Crippen LogP contribution in [0.25, 0.3) is 0 Å². The van der Waals surface area contributed by atoms with Crippen LogP contribution in [0.1, 0.15) is 72.1 Å². The summed E-state index contributed by atoms with van der Waals surface area (Å²) in [6.45, 7) is 7.59. The maximum atomic E-state index is 12.1. The van der Waals surface area contributed by atoms with E-state index in [1.165, 1.54) is 32.1 Å². The van der Waals surface area contributed by atoms with Gasteiger partial charge in [0.25, 0.3) is 0 Å². The van der Waals surface area contributed by atoms with Gasteiger partial charge in [-0.2, -0.15) is 0 Å². The van der Waals surface area contributed by atoms with Crippen molar-refractivity contribution in [1.82, 2.24) is 5.32 Å². The van der Waals surface area contributed by atoms with Gasteiger partial charge in [0, 0.05) is 12.6 Å². The highest BCUT2D eigenvalue weighted by Crippen LogP contribution is 2.27. The summed E-state index contributed by atoms with van der Waals surface area (Å²) in [6, 6.07) is 0.0669. The topological polar surface area (TPSA) is 55.1 Å². The Morgan fingerprint density at radius 2 is 1.90 bits per heavy atom. The van der Waals surface area contributed by atoms with Gasteiger partial charge in [-0.05, 0) is 37.5 Å². The van der Waals surface area contributed by atoms with Crippen LogP contribution in [-0.4, -0.2) is 18.5 Å². The first-order valence-electron chi connectivity index (χ1n) is 8.54. The molecule has 3 unspecified atom stereocenters. The lowest BCUT2D eigenvalue weighted by atomic mass is 9.79. The SMILES string of the molecule is CC(C)CCCCCCNC(=O)C1CC(C)CCC1N. The number of carbonyl (C=O) groups excluding carboxylic acids is 1. The van der Waals surface area contributed by atoms with Gasteiger partial charge < -0.3 is 11.1 Å². The van der Waals surface area contributed by atoms with Crippen LogP contribution < -0.4 is 11.1 Å². The molecule has 0 spiro atoms. The normalized spacial score (nSPS) is 26.8. The molecule has 118 valence electrons. The Kier molecular flexibility index (Phi) is 8.20. The molecule has 3 heteroatoms. The number of unbranched alkanes of at least 4 members (excludes halogenated alkanes) is 3. The molecule has 0 aromatic heterocycles. The second-order valence-corrected chi connectivity index (χ2v) is 7.08. The molecule has 3 N–H and O–H groups in total. The predicted molar refractivity (Wildman–Crippen MR) is 85.4 cm³/mol. The van der Waals surface area contributed by atoms with E-state index in [2.05, 4.69) is 26.1 Å². The summed E-state index contributed by atoms with van der Waals surface area (Å²) in [5.41, 5.74) is 6.08. The van der Waals surface area contributed by atoms with E-state index in [9.17, 15) is 4.79 Å². The number of hydrogen-bond acceptors (Lipinski definition) is 2. The van der Waals surface area contributed by atoms with E-state index in [0.29, 0.717) is 5.92 Å². The van der Waals surface area contributed by atoms with Crippen molar-refractivity contribution in [3.63, 3.8) is 0 Å². The van der Waals surface area contributed by atoms with Gasteiger partial charge in [0.15, 0.2) is 0 Å². The molecule has 0 aromatic rings. The van der Waals surface area contributed by atoms with E-state index in [0.717, 1.165) is 31.7 Å². The summed E-state index contributed by atoms with van der Waals surface area (Å²) in [6.07, 6.45) is 9.37. The number of hydrogen-bond donors (Lipinski definition) is 2. The molecule has 0 radical (unpaired) electrons. The first-order chi connectivity index (χ1) is 9.50. The van der Waals surface area contributed by atoms with Gasteiger partial charge in [0.1, 0.15) is 0 Å². The molecular formula is C17H34N2O. The molecule has 1 fully saturated rings. The maximum absolute atomic E-state index is 12.1. The Morgan fingerprint density at radius 1 is 1.20 bits per heavy atom. The van der Waals surface area contributed by atoms with Gasteiger partial charge in [0.2, 0.25) is 5.91 Å². The van der Waals surface area contributed by atoms with E-state index < -0.39 is 0 Å². The average Bonchev–Trinajstić information content (AvgIpc) is 2.39. The van der Waals surface area contributed by atoms with Crippen molar-refractivity contribution in [3.05, 3.63) is 0 Å². The third kappa shape index (κ3) is 6.74. The minimum atomic E-state index is 0.0414. The van der Waals surface area contributed by atoms with Crippen molar-refractivity contribution in [2.75, 3.05) is 6.54 Å². The van der Waals surface area contributed by atoms with Crippen LogP contribution in [-0.2, 0) is 4.79 Å². The van der Waals surface area contributed by atoms with Gasteiger partial charge in [-0.1, -0.05) is 46.5 Å². The molecule has 1 amide bonds. The van der Waals surface area contributed by atoms with Crippen LogP contribution in [0.2, 0.25) is 0 Å². The third-order valence-electron chi connectivity index (χ3n) is 4.51. The fourth-order valence-electron chi connectivity index (χ4n) is 3.08. The summed E-state index contributed by atoms with van der Waals surface area (Å²) >= 11 is 0. The fraction of sp³-hybridized carbons (Fsp3) is 0.941. The molecule has 3 nitrogen and oxygen atoms in total. The zero-order chi connectivity index (χ0) is 15.0. The molecule has 20 heavy (non-hydrogen) atoms. The second kappa shape index (κ2) is 9.38. The number of amides is 1. The maximum Gasteiger partial charge on any atom is 0.224 e. The van der Waals surface area contributed by atoms with Crippen LogP contribution in [0.5, 0.6) is 0 Å². The number of carbonyl (C=O) groups is 1. The molecule has 1 aliphatic carbocycles. The molecule has 1 aliphatic rings. The van der Waals surface area contributed by atoms with Gasteiger partial charge >= 0.3 is 0 Å². The number of nitrogens with one attached hydrogen (secondary N) is 1.